The Labute approximate surface area is 157 Å². The monoisotopic (exact) mass is 391 g/mol. The third-order valence-electron chi connectivity index (χ3n) is 3.48. The maximum atomic E-state index is 12.7. The van der Waals surface area contributed by atoms with Crippen LogP contribution in [0.5, 0.6) is 0 Å². The number of halogens is 1. The van der Waals surface area contributed by atoms with E-state index in [4.69, 9.17) is 16.3 Å². The molecule has 0 spiro atoms. The number of aromatic nitrogens is 2. The van der Waals surface area contributed by atoms with E-state index in [1.165, 1.54) is 23.0 Å². The van der Waals surface area contributed by atoms with Gasteiger partial charge in [-0.1, -0.05) is 17.7 Å². The van der Waals surface area contributed by atoms with E-state index in [2.05, 4.69) is 10.3 Å². The van der Waals surface area contributed by atoms with Crippen molar-refractivity contribution in [1.82, 2.24) is 9.55 Å². The van der Waals surface area contributed by atoms with E-state index in [1.54, 1.807) is 31.2 Å². The summed E-state index contributed by atoms with van der Waals surface area (Å²) in [6.07, 6.45) is 1.29. The maximum absolute atomic E-state index is 12.7. The molecule has 0 saturated heterocycles. The van der Waals surface area contributed by atoms with Gasteiger partial charge in [0.05, 0.1) is 23.9 Å². The van der Waals surface area contributed by atoms with E-state index in [1.807, 2.05) is 0 Å². The molecule has 1 aromatic carbocycles. The molecule has 1 N–H and O–H groups in total. The number of nitrogens with one attached hydrogen (secondary N) is 1. The first kappa shape index (κ1) is 18.1. The highest BCUT2D eigenvalue weighted by molar-refractivity contribution is 7.17. The number of hydrogen-bond acceptors (Lipinski definition) is 6. The lowest BCUT2D eigenvalue weighted by Gasteiger charge is -2.08. The summed E-state index contributed by atoms with van der Waals surface area (Å²) in [5.41, 5.74) is 0.210. The summed E-state index contributed by atoms with van der Waals surface area (Å²) in [6, 6.07) is 6.68. The van der Waals surface area contributed by atoms with Gasteiger partial charge in [-0.05, 0) is 25.1 Å². The number of fused-ring (bicyclic) bond motifs is 1. The first-order valence-corrected chi connectivity index (χ1v) is 8.94. The summed E-state index contributed by atoms with van der Waals surface area (Å²) in [4.78, 5) is 41.5. The fourth-order valence-corrected chi connectivity index (χ4v) is 3.42. The molecular weight excluding hydrogens is 378 g/mol. The average Bonchev–Trinajstić information content (AvgIpc) is 3.02. The number of carbonyl (C=O) groups excluding carboxylic acids is 2. The highest BCUT2D eigenvalue weighted by Gasteiger charge is 2.19. The summed E-state index contributed by atoms with van der Waals surface area (Å²) in [5.74, 6) is -0.998. The Hall–Kier alpha value is -2.71. The van der Waals surface area contributed by atoms with Crippen molar-refractivity contribution in [3.05, 3.63) is 56.9 Å². The minimum Gasteiger partial charge on any atom is -0.462 e. The third kappa shape index (κ3) is 3.76. The zero-order valence-corrected chi connectivity index (χ0v) is 15.3. The Kier molecular flexibility index (Phi) is 5.34. The first-order valence-electron chi connectivity index (χ1n) is 7.68. The molecule has 1 amide bonds. The number of rotatable bonds is 5. The van der Waals surface area contributed by atoms with Crippen LogP contribution >= 0.6 is 22.9 Å². The fraction of sp³-hybridized carbons (Fsp3) is 0.176. The second kappa shape index (κ2) is 7.67. The molecule has 3 rings (SSSR count). The lowest BCUT2D eigenvalue weighted by molar-refractivity contribution is -0.116. The summed E-state index contributed by atoms with van der Waals surface area (Å²) in [6.45, 7) is 1.64. The minimum atomic E-state index is -0.584. The zero-order valence-electron chi connectivity index (χ0n) is 13.7. The van der Waals surface area contributed by atoms with E-state index in [-0.39, 0.29) is 24.1 Å². The number of carbonyl (C=O) groups is 2. The molecule has 134 valence electrons. The molecule has 0 atom stereocenters. The van der Waals surface area contributed by atoms with Gasteiger partial charge in [0.1, 0.15) is 11.4 Å². The van der Waals surface area contributed by atoms with Gasteiger partial charge in [0.2, 0.25) is 5.91 Å². The molecule has 0 bridgehead atoms. The molecule has 0 aliphatic carbocycles. The van der Waals surface area contributed by atoms with Crippen molar-refractivity contribution in [2.24, 2.45) is 0 Å². The van der Waals surface area contributed by atoms with Gasteiger partial charge >= 0.3 is 5.97 Å². The van der Waals surface area contributed by atoms with E-state index < -0.39 is 17.4 Å². The molecule has 26 heavy (non-hydrogen) atoms. The van der Waals surface area contributed by atoms with Crippen molar-refractivity contribution in [2.45, 2.75) is 13.5 Å². The van der Waals surface area contributed by atoms with Gasteiger partial charge in [-0.2, -0.15) is 0 Å². The molecule has 0 unspecified atom stereocenters. The van der Waals surface area contributed by atoms with E-state index in [9.17, 15) is 14.4 Å². The molecule has 0 aliphatic rings. The van der Waals surface area contributed by atoms with Crippen molar-refractivity contribution in [1.29, 1.82) is 0 Å². The Morgan fingerprint density at radius 3 is 2.92 bits per heavy atom. The topological polar surface area (TPSA) is 90.3 Å². The molecule has 9 heteroatoms. The van der Waals surface area contributed by atoms with Crippen LogP contribution < -0.4 is 10.9 Å². The molecule has 0 aliphatic heterocycles. The molecule has 2 heterocycles. The van der Waals surface area contributed by atoms with Crippen LogP contribution in [0.1, 0.15) is 17.3 Å². The zero-order chi connectivity index (χ0) is 18.7. The van der Waals surface area contributed by atoms with Gasteiger partial charge in [0, 0.05) is 16.1 Å². The first-order chi connectivity index (χ1) is 12.5. The quantitative estimate of drug-likeness (QED) is 0.675. The van der Waals surface area contributed by atoms with Crippen LogP contribution in [0.3, 0.4) is 0 Å². The Balaban J connectivity index is 1.87. The molecule has 7 nitrogen and oxygen atoms in total. The summed E-state index contributed by atoms with van der Waals surface area (Å²) in [5, 5.41) is 4.84. The smallest absolute Gasteiger partial charge is 0.339 e. The molecule has 0 radical (unpaired) electrons. The highest BCUT2D eigenvalue weighted by atomic mass is 35.5. The van der Waals surface area contributed by atoms with Crippen LogP contribution in [0.15, 0.2) is 40.8 Å². The summed E-state index contributed by atoms with van der Waals surface area (Å²) >= 11 is 7.05. The number of thiophene rings is 1. The van der Waals surface area contributed by atoms with Crippen LogP contribution in [0.2, 0.25) is 5.02 Å². The molecular formula is C17H14ClN3O4S. The van der Waals surface area contributed by atoms with Gasteiger partial charge < -0.3 is 10.1 Å². The third-order valence-corrected chi connectivity index (χ3v) is 4.60. The Morgan fingerprint density at radius 1 is 1.38 bits per heavy atom. The second-order valence-corrected chi connectivity index (χ2v) is 6.58. The number of nitrogens with zero attached hydrogens (tertiary/aromatic N) is 2. The van der Waals surface area contributed by atoms with E-state index >= 15 is 0 Å². The predicted molar refractivity (Wildman–Crippen MR) is 99.9 cm³/mol. The van der Waals surface area contributed by atoms with E-state index in [0.717, 1.165) is 4.57 Å². The van der Waals surface area contributed by atoms with Gasteiger partial charge in [-0.25, -0.2) is 9.78 Å². The normalized spacial score (nSPS) is 10.7. The molecule has 0 saturated carbocycles. The number of esters is 1. The number of benzene rings is 1. The summed E-state index contributed by atoms with van der Waals surface area (Å²) < 4.78 is 6.11. The van der Waals surface area contributed by atoms with Crippen molar-refractivity contribution in [3.8, 4) is 0 Å². The minimum absolute atomic E-state index is 0.159. The van der Waals surface area contributed by atoms with Crippen LogP contribution in [0.4, 0.5) is 5.69 Å². The average molecular weight is 392 g/mol. The second-order valence-electron chi connectivity index (χ2n) is 5.29. The van der Waals surface area contributed by atoms with Crippen LogP contribution in [0, 0.1) is 0 Å². The van der Waals surface area contributed by atoms with Crippen molar-refractivity contribution in [2.75, 3.05) is 11.9 Å². The molecule has 3 aromatic rings. The van der Waals surface area contributed by atoms with E-state index in [0.29, 0.717) is 15.5 Å². The lowest BCUT2D eigenvalue weighted by atomic mass is 10.2. The summed E-state index contributed by atoms with van der Waals surface area (Å²) in [7, 11) is 0. The van der Waals surface area contributed by atoms with Gasteiger partial charge in [-0.15, -0.1) is 11.3 Å². The van der Waals surface area contributed by atoms with Crippen LogP contribution in [-0.4, -0.2) is 28.0 Å². The lowest BCUT2D eigenvalue weighted by Crippen LogP contribution is -2.28. The fourth-order valence-electron chi connectivity index (χ4n) is 2.36. The SMILES string of the molecule is CCOC(=O)c1csc2ncn(CC(=O)Nc3cccc(Cl)c3)c(=O)c12. The number of hydrogen-bond donors (Lipinski definition) is 1. The van der Waals surface area contributed by atoms with Crippen molar-refractivity contribution < 1.29 is 14.3 Å². The Bertz CT molecular complexity index is 1040. The number of ether oxygens (including phenoxy) is 1. The molecule has 2 aromatic heterocycles. The van der Waals surface area contributed by atoms with Gasteiger partial charge in [0.25, 0.3) is 5.56 Å². The van der Waals surface area contributed by atoms with Gasteiger partial charge in [0.15, 0.2) is 0 Å². The predicted octanol–water partition coefficient (Wildman–Crippen LogP) is 2.93. The largest absolute Gasteiger partial charge is 0.462 e. The molecule has 0 fully saturated rings. The van der Waals surface area contributed by atoms with Crippen LogP contribution in [-0.2, 0) is 16.1 Å². The van der Waals surface area contributed by atoms with Gasteiger partial charge in [-0.3, -0.25) is 14.2 Å². The maximum Gasteiger partial charge on any atom is 0.339 e. The highest BCUT2D eigenvalue weighted by Crippen LogP contribution is 2.21. The van der Waals surface area contributed by atoms with Crippen molar-refractivity contribution in [3.63, 3.8) is 0 Å². The van der Waals surface area contributed by atoms with Crippen LogP contribution in [0.25, 0.3) is 10.2 Å². The standard InChI is InChI=1S/C17H14ClN3O4S/c1-2-25-17(24)12-8-26-15-14(12)16(23)21(9-19-15)7-13(22)20-11-5-3-4-10(18)6-11/h3-6,8-9H,2,7H2,1H3,(H,20,22). The van der Waals surface area contributed by atoms with Crippen molar-refractivity contribution >= 4 is 50.7 Å². The Morgan fingerprint density at radius 2 is 2.19 bits per heavy atom. The number of anilines is 1. The number of amides is 1.